The van der Waals surface area contributed by atoms with Gasteiger partial charge in [0.2, 0.25) is 0 Å². The van der Waals surface area contributed by atoms with Crippen LogP contribution in [0.5, 0.6) is 0 Å². The highest BCUT2D eigenvalue weighted by atomic mass is 28.3. The average molecular weight is 770 g/mol. The molecule has 0 fully saturated rings. The van der Waals surface area contributed by atoms with E-state index in [1.165, 1.54) is 81.0 Å². The van der Waals surface area contributed by atoms with E-state index in [4.69, 9.17) is 0 Å². The van der Waals surface area contributed by atoms with Crippen molar-refractivity contribution in [3.63, 3.8) is 0 Å². The first kappa shape index (κ1) is 35.2. The zero-order chi connectivity index (χ0) is 39.6. The van der Waals surface area contributed by atoms with Crippen LogP contribution < -0.4 is 25.6 Å². The molecule has 1 aliphatic carbocycles. The number of para-hydroxylation sites is 1. The molecule has 0 aromatic heterocycles. The van der Waals surface area contributed by atoms with Gasteiger partial charge >= 0.3 is 0 Å². The molecule has 280 valence electrons. The van der Waals surface area contributed by atoms with Crippen molar-refractivity contribution < 1.29 is 0 Å². The summed E-state index contributed by atoms with van der Waals surface area (Å²) in [6.45, 7) is 4.76. The molecule has 0 unspecified atom stereocenters. The molecule has 0 amide bonds. The fourth-order valence-electron chi connectivity index (χ4n) is 10.2. The Morgan fingerprint density at radius 3 is 1.53 bits per heavy atom. The monoisotopic (exact) mass is 769 g/mol. The fraction of sp³-hybridized carbons (Fsp3) is 0.0526. The van der Waals surface area contributed by atoms with E-state index >= 15 is 0 Å². The van der Waals surface area contributed by atoms with Crippen molar-refractivity contribution in [2.24, 2.45) is 0 Å². The SMILES string of the molecule is CC1(C)c2cccc3ccc4cc(N(c5ccccc5)c5ccc(-c6ccc([Si](c7ccccc7)(c7ccccc7)c7ccccc7)c7ccccc67)cc5)cc1c4c23. The highest BCUT2D eigenvalue weighted by molar-refractivity contribution is 7.20. The van der Waals surface area contributed by atoms with Crippen LogP contribution in [0.25, 0.3) is 43.4 Å². The first-order valence-corrected chi connectivity index (χ1v) is 22.7. The first-order chi connectivity index (χ1) is 29.0. The van der Waals surface area contributed by atoms with E-state index in [0.717, 1.165) is 11.4 Å². The van der Waals surface area contributed by atoms with E-state index in [0.29, 0.717) is 0 Å². The summed E-state index contributed by atoms with van der Waals surface area (Å²) in [5.74, 6) is 0. The van der Waals surface area contributed by atoms with Crippen LogP contribution in [0.15, 0.2) is 224 Å². The quantitative estimate of drug-likeness (QED) is 0.0845. The number of rotatable bonds is 8. The van der Waals surface area contributed by atoms with E-state index in [9.17, 15) is 0 Å². The van der Waals surface area contributed by atoms with Crippen LogP contribution in [0.2, 0.25) is 0 Å². The lowest BCUT2D eigenvalue weighted by molar-refractivity contribution is 0.663. The van der Waals surface area contributed by atoms with Gasteiger partial charge in [0, 0.05) is 22.5 Å². The Labute approximate surface area is 347 Å². The summed E-state index contributed by atoms with van der Waals surface area (Å²) in [7, 11) is -2.74. The predicted molar refractivity (Wildman–Crippen MR) is 255 cm³/mol. The third kappa shape index (κ3) is 5.44. The van der Waals surface area contributed by atoms with Crippen molar-refractivity contribution in [3.05, 3.63) is 236 Å². The molecule has 10 aromatic rings. The van der Waals surface area contributed by atoms with Gasteiger partial charge in [-0.25, -0.2) is 0 Å². The lowest BCUT2D eigenvalue weighted by atomic mass is 9.81. The molecule has 0 radical (unpaired) electrons. The van der Waals surface area contributed by atoms with Crippen LogP contribution in [0, 0.1) is 0 Å². The minimum atomic E-state index is -2.74. The molecule has 0 heterocycles. The van der Waals surface area contributed by atoms with Crippen LogP contribution in [0.3, 0.4) is 0 Å². The topological polar surface area (TPSA) is 3.24 Å². The molecule has 0 saturated heterocycles. The second kappa shape index (κ2) is 13.8. The largest absolute Gasteiger partial charge is 0.310 e. The van der Waals surface area contributed by atoms with Crippen molar-refractivity contribution in [2.45, 2.75) is 19.3 Å². The molecular weight excluding hydrogens is 727 g/mol. The normalized spacial score (nSPS) is 13.1. The highest BCUT2D eigenvalue weighted by Gasteiger charge is 2.42. The molecule has 59 heavy (non-hydrogen) atoms. The molecule has 11 rings (SSSR count). The maximum Gasteiger partial charge on any atom is 0.180 e. The second-order valence-electron chi connectivity index (χ2n) is 16.5. The summed E-state index contributed by atoms with van der Waals surface area (Å²) in [5, 5.41) is 13.5. The van der Waals surface area contributed by atoms with E-state index in [-0.39, 0.29) is 5.41 Å². The van der Waals surface area contributed by atoms with E-state index < -0.39 is 8.07 Å². The number of benzene rings is 10. The first-order valence-electron chi connectivity index (χ1n) is 20.7. The molecule has 0 saturated carbocycles. The van der Waals surface area contributed by atoms with Gasteiger partial charge in [0.15, 0.2) is 8.07 Å². The Hall–Kier alpha value is -7.00. The highest BCUT2D eigenvalue weighted by Crippen LogP contribution is 2.51. The summed E-state index contributed by atoms with van der Waals surface area (Å²) >= 11 is 0. The molecule has 2 heteroatoms. The molecule has 0 atom stereocenters. The fourth-order valence-corrected chi connectivity index (χ4v) is 15.2. The number of nitrogens with zero attached hydrogens (tertiary/aromatic N) is 1. The van der Waals surface area contributed by atoms with Crippen molar-refractivity contribution in [1.82, 2.24) is 0 Å². The number of fused-ring (bicyclic) bond motifs is 1. The van der Waals surface area contributed by atoms with E-state index in [2.05, 4.69) is 243 Å². The third-order valence-corrected chi connectivity index (χ3v) is 17.8. The summed E-state index contributed by atoms with van der Waals surface area (Å²) in [4.78, 5) is 2.42. The second-order valence-corrected chi connectivity index (χ2v) is 20.2. The van der Waals surface area contributed by atoms with Gasteiger partial charge in [0.25, 0.3) is 0 Å². The van der Waals surface area contributed by atoms with Gasteiger partial charge in [-0.3, -0.25) is 0 Å². The molecule has 0 bridgehead atoms. The Kier molecular flexibility index (Phi) is 8.25. The Bertz CT molecular complexity index is 3060. The lowest BCUT2D eigenvalue weighted by Crippen LogP contribution is -2.74. The van der Waals surface area contributed by atoms with Gasteiger partial charge in [-0.2, -0.15) is 0 Å². The average Bonchev–Trinajstić information content (AvgIpc) is 3.54. The minimum absolute atomic E-state index is 0.0983. The van der Waals surface area contributed by atoms with E-state index in [1.807, 2.05) is 0 Å². The van der Waals surface area contributed by atoms with Gasteiger partial charge in [-0.05, 0) is 112 Å². The Morgan fingerprint density at radius 2 is 0.898 bits per heavy atom. The molecule has 0 N–H and O–H groups in total. The Balaban J connectivity index is 1.07. The number of hydrogen-bond acceptors (Lipinski definition) is 1. The number of anilines is 3. The Morgan fingerprint density at radius 1 is 0.373 bits per heavy atom. The molecule has 0 aliphatic heterocycles. The minimum Gasteiger partial charge on any atom is -0.310 e. The lowest BCUT2D eigenvalue weighted by Gasteiger charge is -2.35. The van der Waals surface area contributed by atoms with Crippen LogP contribution in [-0.4, -0.2) is 8.07 Å². The van der Waals surface area contributed by atoms with Gasteiger partial charge in [0.05, 0.1) is 0 Å². The van der Waals surface area contributed by atoms with Crippen LogP contribution in [0.1, 0.15) is 25.0 Å². The smallest absolute Gasteiger partial charge is 0.180 e. The zero-order valence-corrected chi connectivity index (χ0v) is 34.3. The van der Waals surface area contributed by atoms with Crippen molar-refractivity contribution in [2.75, 3.05) is 4.90 Å². The summed E-state index contributed by atoms with van der Waals surface area (Å²) in [6, 6.07) is 83.7. The van der Waals surface area contributed by atoms with Crippen LogP contribution in [0.4, 0.5) is 17.1 Å². The van der Waals surface area contributed by atoms with Crippen molar-refractivity contribution >= 4 is 78.2 Å². The van der Waals surface area contributed by atoms with Crippen LogP contribution in [-0.2, 0) is 5.41 Å². The molecule has 1 aliphatic rings. The van der Waals surface area contributed by atoms with Gasteiger partial charge in [-0.15, -0.1) is 0 Å². The maximum atomic E-state index is 2.44. The van der Waals surface area contributed by atoms with Crippen molar-refractivity contribution in [3.8, 4) is 11.1 Å². The molecule has 10 aromatic carbocycles. The standard InChI is InChI=1S/C57H43NSi/c1-57(2)52-29-17-18-41-30-31-42-38-45(39-53(57)56(42)55(41)52)58(43-19-7-3-8-20-43)44-34-32-40(33-35-44)49-36-37-54(51-28-16-15-27-50(49)51)59(46-21-9-4-10-22-46,47-23-11-5-12-24-47)48-25-13-6-14-26-48/h3-39H,1-2H3. The van der Waals surface area contributed by atoms with Crippen molar-refractivity contribution in [1.29, 1.82) is 0 Å². The molecule has 1 nitrogen and oxygen atoms in total. The van der Waals surface area contributed by atoms with E-state index in [1.54, 1.807) is 0 Å². The van der Waals surface area contributed by atoms with Gasteiger partial charge in [0.1, 0.15) is 0 Å². The maximum absolute atomic E-state index is 2.74. The molecule has 0 spiro atoms. The predicted octanol–water partition coefficient (Wildman–Crippen LogP) is 12.3. The zero-order valence-electron chi connectivity index (χ0n) is 33.3. The van der Waals surface area contributed by atoms with Crippen LogP contribution >= 0.6 is 0 Å². The molecular formula is C57H43NSi. The summed E-state index contributed by atoms with van der Waals surface area (Å²) in [6.07, 6.45) is 0. The van der Waals surface area contributed by atoms with Gasteiger partial charge in [-0.1, -0.05) is 202 Å². The van der Waals surface area contributed by atoms with Gasteiger partial charge < -0.3 is 4.90 Å². The summed E-state index contributed by atoms with van der Waals surface area (Å²) in [5.41, 5.74) is 8.59. The summed E-state index contributed by atoms with van der Waals surface area (Å²) < 4.78 is 0. The third-order valence-electron chi connectivity index (χ3n) is 12.9. The number of hydrogen-bond donors (Lipinski definition) is 0.